The van der Waals surface area contributed by atoms with Gasteiger partial charge in [0.05, 0.1) is 6.33 Å². The van der Waals surface area contributed by atoms with Gasteiger partial charge < -0.3 is 9.88 Å². The smallest absolute Gasteiger partial charge is 0.0951 e. The topological polar surface area (TPSA) is 29.9 Å². The van der Waals surface area contributed by atoms with Crippen molar-refractivity contribution in [2.75, 3.05) is 13.1 Å². The molecule has 0 aromatic carbocycles. The van der Waals surface area contributed by atoms with Crippen LogP contribution in [0.4, 0.5) is 0 Å². The van der Waals surface area contributed by atoms with Crippen LogP contribution in [0.1, 0.15) is 63.6 Å². The molecule has 3 nitrogen and oxygen atoms in total. The maximum atomic E-state index is 4.44. The summed E-state index contributed by atoms with van der Waals surface area (Å²) in [6.45, 7) is 7.12. The fraction of sp³-hybridized carbons (Fsp3) is 0.800. The Morgan fingerprint density at radius 1 is 1.33 bits per heavy atom. The summed E-state index contributed by atoms with van der Waals surface area (Å²) >= 11 is 0. The van der Waals surface area contributed by atoms with E-state index in [1.54, 1.807) is 0 Å². The first-order chi connectivity index (χ1) is 8.68. The zero-order valence-corrected chi connectivity index (χ0v) is 11.7. The molecule has 2 unspecified atom stereocenters. The van der Waals surface area contributed by atoms with Crippen LogP contribution in [0.15, 0.2) is 12.5 Å². The summed E-state index contributed by atoms with van der Waals surface area (Å²) in [6.07, 6.45) is 10.8. The summed E-state index contributed by atoms with van der Waals surface area (Å²) in [7, 11) is 0. The van der Waals surface area contributed by atoms with E-state index < -0.39 is 0 Å². The Bertz CT molecular complexity index is 402. The first-order valence-corrected chi connectivity index (χ1v) is 7.41. The third-order valence-electron chi connectivity index (χ3n) is 4.95. The maximum Gasteiger partial charge on any atom is 0.0951 e. The van der Waals surface area contributed by atoms with E-state index in [9.17, 15) is 0 Å². The highest BCUT2D eigenvalue weighted by atomic mass is 15.1. The number of nitrogens with zero attached hydrogens (tertiary/aromatic N) is 2. The lowest BCUT2D eigenvalue weighted by Crippen LogP contribution is -2.31. The van der Waals surface area contributed by atoms with E-state index in [1.165, 1.54) is 44.3 Å². The van der Waals surface area contributed by atoms with Crippen LogP contribution < -0.4 is 5.32 Å². The van der Waals surface area contributed by atoms with Crippen LogP contribution in [-0.2, 0) is 0 Å². The van der Waals surface area contributed by atoms with Crippen molar-refractivity contribution in [1.29, 1.82) is 0 Å². The molecular formula is C15H25N3. The molecule has 1 aliphatic carbocycles. The number of nitrogens with one attached hydrogen (secondary N) is 1. The molecule has 0 bridgehead atoms. The second-order valence-corrected chi connectivity index (χ2v) is 6.67. The number of hydrogen-bond acceptors (Lipinski definition) is 2. The monoisotopic (exact) mass is 247 g/mol. The zero-order chi connectivity index (χ0) is 12.6. The number of hydrogen-bond donors (Lipinski definition) is 1. The Hall–Kier alpha value is -0.830. The van der Waals surface area contributed by atoms with Gasteiger partial charge in [-0.15, -0.1) is 0 Å². The van der Waals surface area contributed by atoms with Crippen molar-refractivity contribution in [3.63, 3.8) is 0 Å². The molecule has 1 aromatic rings. The molecule has 2 heterocycles. The number of imidazole rings is 1. The van der Waals surface area contributed by atoms with Crippen LogP contribution in [-0.4, -0.2) is 22.6 Å². The summed E-state index contributed by atoms with van der Waals surface area (Å²) in [4.78, 5) is 4.44. The SMILES string of the molecule is CC1(C)CCCC1n1cncc1C1CCCNC1. The van der Waals surface area contributed by atoms with Crippen molar-refractivity contribution < 1.29 is 0 Å². The summed E-state index contributed by atoms with van der Waals surface area (Å²) in [5.41, 5.74) is 1.89. The fourth-order valence-corrected chi connectivity index (χ4v) is 3.82. The van der Waals surface area contributed by atoms with Crippen LogP contribution in [0.2, 0.25) is 0 Å². The van der Waals surface area contributed by atoms with Crippen molar-refractivity contribution in [1.82, 2.24) is 14.9 Å². The Kier molecular flexibility index (Phi) is 3.18. The molecule has 18 heavy (non-hydrogen) atoms. The molecule has 100 valence electrons. The minimum atomic E-state index is 0.428. The summed E-state index contributed by atoms with van der Waals surface area (Å²) in [5.74, 6) is 0.664. The zero-order valence-electron chi connectivity index (χ0n) is 11.7. The largest absolute Gasteiger partial charge is 0.331 e. The number of rotatable bonds is 2. The highest BCUT2D eigenvalue weighted by molar-refractivity contribution is 5.11. The first-order valence-electron chi connectivity index (χ1n) is 7.41. The molecule has 3 heteroatoms. The van der Waals surface area contributed by atoms with Crippen LogP contribution in [0.25, 0.3) is 0 Å². The second-order valence-electron chi connectivity index (χ2n) is 6.67. The summed E-state index contributed by atoms with van der Waals surface area (Å²) < 4.78 is 2.49. The fourth-order valence-electron chi connectivity index (χ4n) is 3.82. The van der Waals surface area contributed by atoms with Gasteiger partial charge in [-0.05, 0) is 37.6 Å². The quantitative estimate of drug-likeness (QED) is 0.870. The van der Waals surface area contributed by atoms with Gasteiger partial charge in [-0.3, -0.25) is 0 Å². The van der Waals surface area contributed by atoms with Gasteiger partial charge in [0, 0.05) is 30.4 Å². The lowest BCUT2D eigenvalue weighted by Gasteiger charge is -2.32. The molecule has 1 aliphatic heterocycles. The Morgan fingerprint density at radius 2 is 2.22 bits per heavy atom. The van der Waals surface area contributed by atoms with Gasteiger partial charge in [-0.1, -0.05) is 20.3 Å². The normalized spacial score (nSPS) is 31.7. The molecular weight excluding hydrogens is 222 g/mol. The highest BCUT2D eigenvalue weighted by Crippen LogP contribution is 2.46. The van der Waals surface area contributed by atoms with Gasteiger partial charge in [-0.2, -0.15) is 0 Å². The Morgan fingerprint density at radius 3 is 2.89 bits per heavy atom. The minimum absolute atomic E-state index is 0.428. The maximum absolute atomic E-state index is 4.44. The lowest BCUT2D eigenvalue weighted by atomic mass is 9.86. The number of piperidine rings is 1. The number of aromatic nitrogens is 2. The molecule has 3 rings (SSSR count). The van der Waals surface area contributed by atoms with Crippen LogP contribution in [0.3, 0.4) is 0 Å². The molecule has 1 N–H and O–H groups in total. The molecule has 2 atom stereocenters. The Labute approximate surface area is 110 Å². The van der Waals surface area contributed by atoms with Gasteiger partial charge in [-0.25, -0.2) is 4.98 Å². The minimum Gasteiger partial charge on any atom is -0.331 e. The van der Waals surface area contributed by atoms with E-state index in [1.807, 2.05) is 0 Å². The van der Waals surface area contributed by atoms with Crippen molar-refractivity contribution in [2.45, 2.75) is 57.9 Å². The van der Waals surface area contributed by atoms with Crippen LogP contribution in [0, 0.1) is 5.41 Å². The van der Waals surface area contributed by atoms with Crippen LogP contribution >= 0.6 is 0 Å². The molecule has 1 saturated heterocycles. The molecule has 0 amide bonds. The van der Waals surface area contributed by atoms with Crippen molar-refractivity contribution >= 4 is 0 Å². The Balaban J connectivity index is 1.86. The molecule has 0 radical (unpaired) electrons. The highest BCUT2D eigenvalue weighted by Gasteiger charge is 2.37. The van der Waals surface area contributed by atoms with E-state index in [4.69, 9.17) is 0 Å². The average Bonchev–Trinajstić information content (AvgIpc) is 2.95. The van der Waals surface area contributed by atoms with Crippen molar-refractivity contribution in [2.24, 2.45) is 5.41 Å². The molecule has 0 spiro atoms. The van der Waals surface area contributed by atoms with Crippen LogP contribution in [0.5, 0.6) is 0 Å². The van der Waals surface area contributed by atoms with E-state index in [0.29, 0.717) is 17.4 Å². The molecule has 2 aliphatic rings. The predicted octanol–water partition coefficient (Wildman–Crippen LogP) is 3.10. The van der Waals surface area contributed by atoms with E-state index in [-0.39, 0.29) is 0 Å². The van der Waals surface area contributed by atoms with Gasteiger partial charge in [0.15, 0.2) is 0 Å². The average molecular weight is 247 g/mol. The standard InChI is InChI=1S/C15H25N3/c1-15(2)7-3-6-14(15)18-11-17-10-13(18)12-5-4-8-16-9-12/h10-12,14,16H,3-9H2,1-2H3. The van der Waals surface area contributed by atoms with Crippen molar-refractivity contribution in [3.8, 4) is 0 Å². The van der Waals surface area contributed by atoms with Gasteiger partial charge in [0.25, 0.3) is 0 Å². The third kappa shape index (κ3) is 2.09. The second kappa shape index (κ2) is 4.69. The lowest BCUT2D eigenvalue weighted by molar-refractivity contribution is 0.251. The van der Waals surface area contributed by atoms with E-state index in [2.05, 4.69) is 41.2 Å². The van der Waals surface area contributed by atoms with Gasteiger partial charge in [0.1, 0.15) is 0 Å². The predicted molar refractivity (Wildman–Crippen MR) is 73.7 cm³/mol. The van der Waals surface area contributed by atoms with E-state index in [0.717, 1.165) is 6.54 Å². The van der Waals surface area contributed by atoms with E-state index >= 15 is 0 Å². The van der Waals surface area contributed by atoms with Gasteiger partial charge >= 0.3 is 0 Å². The molecule has 2 fully saturated rings. The summed E-state index contributed by atoms with van der Waals surface area (Å²) in [5, 5.41) is 3.52. The molecule has 1 saturated carbocycles. The third-order valence-corrected chi connectivity index (χ3v) is 4.95. The van der Waals surface area contributed by atoms with Gasteiger partial charge in [0.2, 0.25) is 0 Å². The first kappa shape index (κ1) is 12.2. The van der Waals surface area contributed by atoms with Crippen molar-refractivity contribution in [3.05, 3.63) is 18.2 Å². The summed E-state index contributed by atoms with van der Waals surface area (Å²) in [6, 6.07) is 0.650. The molecule has 1 aromatic heterocycles.